The number of carbonyl (C=O) groups excluding carboxylic acids is 13. The van der Waals surface area contributed by atoms with Gasteiger partial charge in [-0.3, -0.25) is 67.1 Å². The van der Waals surface area contributed by atoms with E-state index in [0.29, 0.717) is 32.2 Å². The van der Waals surface area contributed by atoms with Crippen LogP contribution in [0, 0.1) is 17.8 Å². The molecule has 1 aliphatic rings. The van der Waals surface area contributed by atoms with Crippen LogP contribution in [0.5, 0.6) is 0 Å². The number of aliphatic hydroxyl groups is 1. The fourth-order valence-corrected chi connectivity index (χ4v) is 10.00. The highest BCUT2D eigenvalue weighted by atomic mass is 32.1. The summed E-state index contributed by atoms with van der Waals surface area (Å²) in [5.74, 6) is -16.2. The van der Waals surface area contributed by atoms with E-state index < -0.39 is 205 Å². The lowest BCUT2D eigenvalue weighted by molar-refractivity contribution is -0.143. The number of carbonyl (C=O) groups is 15. The van der Waals surface area contributed by atoms with Crippen LogP contribution in [0.4, 0.5) is 0 Å². The topological polar surface area (TPSA) is 570 Å². The first-order valence-corrected chi connectivity index (χ1v) is 32.0. The second-order valence-corrected chi connectivity index (χ2v) is 24.4. The Morgan fingerprint density at radius 1 is 0.516 bits per heavy atom. The molecule has 23 N–H and O–H groups in total. The number of aliphatic hydroxyl groups excluding tert-OH is 1. The van der Waals surface area contributed by atoms with Gasteiger partial charge in [0.25, 0.3) is 0 Å². The van der Waals surface area contributed by atoms with Crippen LogP contribution in [0.25, 0.3) is 0 Å². The maximum atomic E-state index is 14.6. The first-order chi connectivity index (χ1) is 43.7. The quantitative estimate of drug-likeness (QED) is 0.0200. The number of rotatable bonds is 46. The highest BCUT2D eigenvalue weighted by Gasteiger charge is 2.42. The average molecular weight is 1340 g/mol. The van der Waals surface area contributed by atoms with Crippen molar-refractivity contribution in [3.8, 4) is 0 Å². The lowest BCUT2D eigenvalue weighted by Crippen LogP contribution is -2.61. The fourth-order valence-electron chi connectivity index (χ4n) is 9.74. The number of aliphatic carboxylic acids is 2. The second kappa shape index (κ2) is 43.2. The van der Waals surface area contributed by atoms with Gasteiger partial charge in [0, 0.05) is 25.1 Å². The van der Waals surface area contributed by atoms with Crippen LogP contribution in [-0.2, 0) is 71.9 Å². The number of nitrogens with zero attached hydrogens (tertiary/aromatic N) is 1. The van der Waals surface area contributed by atoms with E-state index in [1.165, 1.54) is 6.92 Å². The van der Waals surface area contributed by atoms with Crippen molar-refractivity contribution < 1.29 is 87.2 Å². The van der Waals surface area contributed by atoms with Crippen molar-refractivity contribution in [1.82, 2.24) is 58.1 Å². The number of carboxylic acid groups (broad SMARTS) is 2. The van der Waals surface area contributed by atoms with Gasteiger partial charge in [0.05, 0.1) is 19.1 Å². The molecule has 0 radical (unpaired) electrons. The maximum absolute atomic E-state index is 14.6. The highest BCUT2D eigenvalue weighted by Crippen LogP contribution is 2.22. The van der Waals surface area contributed by atoms with Gasteiger partial charge >= 0.3 is 11.9 Å². The summed E-state index contributed by atoms with van der Waals surface area (Å²) >= 11 is 4.15. The molecule has 13 amide bonds. The second-order valence-electron chi connectivity index (χ2n) is 24.0. The third-order valence-electron chi connectivity index (χ3n) is 15.2. The Bertz CT molecular complexity index is 2570. The third kappa shape index (κ3) is 30.7. The van der Waals surface area contributed by atoms with Crippen LogP contribution in [-0.4, -0.2) is 213 Å². The number of hydrogen-bond donors (Lipinski definition) is 19. The normalized spacial score (nSPS) is 16.8. The molecule has 1 saturated heterocycles. The number of hydrogen-bond acceptors (Lipinski definition) is 20. The molecular formula is C58H102N16O18S. The molecule has 0 aromatic rings. The minimum absolute atomic E-state index is 0.0144. The lowest BCUT2D eigenvalue weighted by Gasteiger charge is -2.32. The predicted octanol–water partition coefficient (Wildman–Crippen LogP) is -5.42. The molecule has 93 heavy (non-hydrogen) atoms. The van der Waals surface area contributed by atoms with E-state index >= 15 is 0 Å². The highest BCUT2D eigenvalue weighted by molar-refractivity contribution is 7.80. The fraction of sp³-hybridized carbons (Fsp3) is 0.741. The summed E-state index contributed by atoms with van der Waals surface area (Å²) < 4.78 is 0. The van der Waals surface area contributed by atoms with Crippen LogP contribution < -0.4 is 81.8 Å². The molecule has 0 aromatic heterocycles. The number of primary amides is 2. The van der Waals surface area contributed by atoms with E-state index in [1.807, 2.05) is 13.8 Å². The van der Waals surface area contributed by atoms with Crippen molar-refractivity contribution in [2.45, 2.75) is 224 Å². The number of nitrogens with two attached hydrogens (primary N) is 5. The zero-order chi connectivity index (χ0) is 70.8. The van der Waals surface area contributed by atoms with E-state index in [0.717, 1.165) is 4.90 Å². The molecule has 1 rings (SSSR count). The van der Waals surface area contributed by atoms with Gasteiger partial charge in [0.2, 0.25) is 76.8 Å². The van der Waals surface area contributed by atoms with Gasteiger partial charge in [-0.2, -0.15) is 12.6 Å². The van der Waals surface area contributed by atoms with Crippen molar-refractivity contribution in [2.75, 3.05) is 32.0 Å². The molecular weight excluding hydrogens is 1240 g/mol. The minimum atomic E-state index is -1.80. The zero-order valence-electron chi connectivity index (χ0n) is 54.3. The van der Waals surface area contributed by atoms with Crippen molar-refractivity contribution in [1.29, 1.82) is 0 Å². The molecule has 13 atom stereocenters. The van der Waals surface area contributed by atoms with Crippen LogP contribution >= 0.6 is 12.6 Å². The van der Waals surface area contributed by atoms with Gasteiger partial charge in [-0.15, -0.1) is 0 Å². The van der Waals surface area contributed by atoms with Crippen LogP contribution in [0.3, 0.4) is 0 Å². The monoisotopic (exact) mass is 1340 g/mol. The standard InChI is InChI=1S/C58H102N16O18S/c1-8-31(6)46(56(89)64-32(7)47(80)71-40(27-75)53(86)68-37(58(91)92)15-10-12-22-60)73-55(88)42-16-13-23-74(42)57(90)36(17-19-43(62)76)67-51(84)38(25-30(4)5)69-49(82)34(14-9-11-21-59)66-52(85)39(26-44(63)77)70-54(87)41(28-93)72-50(83)35(18-20-45(78)79)65-48(81)33(61)24-29(2)3/h29-42,46,75,93H,8-28,59-61H2,1-7H3,(H2,62,76)(H2,63,77)(H,64,89)(H,65,81)(H,66,85)(H,67,84)(H,68,86)(H,69,82)(H,70,87)(H,71,80)(H,72,83)(H,73,88)(H,78,79)(H,91,92)/t31-,32-,33-,34-,35-,36-,37-,38-,39-,40-,41-,42-,46-/m0/s1. The molecule has 0 spiro atoms. The largest absolute Gasteiger partial charge is 0.481 e. The molecule has 0 aliphatic carbocycles. The maximum Gasteiger partial charge on any atom is 0.326 e. The van der Waals surface area contributed by atoms with E-state index in [2.05, 4.69) is 65.8 Å². The van der Waals surface area contributed by atoms with Gasteiger partial charge < -0.3 is 102 Å². The molecule has 0 unspecified atom stereocenters. The molecule has 0 saturated carbocycles. The van der Waals surface area contributed by atoms with Crippen molar-refractivity contribution in [3.05, 3.63) is 0 Å². The summed E-state index contributed by atoms with van der Waals surface area (Å²) in [5, 5.41) is 53.4. The molecule has 528 valence electrons. The molecule has 1 fully saturated rings. The number of thiol groups is 1. The lowest BCUT2D eigenvalue weighted by atomic mass is 9.97. The van der Waals surface area contributed by atoms with Crippen LogP contribution in [0.15, 0.2) is 0 Å². The molecule has 35 heteroatoms. The molecule has 0 aromatic carbocycles. The van der Waals surface area contributed by atoms with E-state index in [1.54, 1.807) is 27.7 Å². The summed E-state index contributed by atoms with van der Waals surface area (Å²) in [4.78, 5) is 201. The number of nitrogens with one attached hydrogen (secondary N) is 10. The summed E-state index contributed by atoms with van der Waals surface area (Å²) in [6.45, 7) is 11.2. The number of carboxylic acids is 2. The molecule has 34 nitrogen and oxygen atoms in total. The van der Waals surface area contributed by atoms with Crippen LogP contribution in [0.2, 0.25) is 0 Å². The minimum Gasteiger partial charge on any atom is -0.481 e. The Morgan fingerprint density at radius 2 is 0.978 bits per heavy atom. The first-order valence-electron chi connectivity index (χ1n) is 31.4. The number of unbranched alkanes of at least 4 members (excludes halogenated alkanes) is 2. The molecule has 0 bridgehead atoms. The van der Waals surface area contributed by atoms with Gasteiger partial charge in [-0.25, -0.2) is 4.79 Å². The van der Waals surface area contributed by atoms with E-state index in [4.69, 9.17) is 28.7 Å². The van der Waals surface area contributed by atoms with E-state index in [9.17, 15) is 87.2 Å². The van der Waals surface area contributed by atoms with Crippen molar-refractivity contribution in [2.24, 2.45) is 46.4 Å². The SMILES string of the molecule is CC[C@H](C)[C@H](NC(=O)[C@@H]1CCCN1C(=O)[C@H](CCC(N)=O)NC(=O)[C@H](CC(C)C)NC(=O)[C@H](CCCCN)NC(=O)[C@H](CC(N)=O)NC(=O)[C@H](CS)NC(=O)[C@H](CCC(=O)O)NC(=O)[C@@H](N)CC(C)C)C(=O)N[C@@H](C)C(=O)N[C@@H](CO)C(=O)N[C@@H](CCCCN)C(=O)O. The average Bonchev–Trinajstić information content (AvgIpc) is 1.94. The van der Waals surface area contributed by atoms with Crippen molar-refractivity contribution >= 4 is 101 Å². The molecule has 1 aliphatic heterocycles. The Hall–Kier alpha value is -7.76. The number of amides is 13. The van der Waals surface area contributed by atoms with Crippen LogP contribution in [0.1, 0.15) is 151 Å². The Morgan fingerprint density at radius 3 is 1.49 bits per heavy atom. The predicted molar refractivity (Wildman–Crippen MR) is 340 cm³/mol. The summed E-state index contributed by atoms with van der Waals surface area (Å²) in [6.07, 6.45) is -0.493. The summed E-state index contributed by atoms with van der Waals surface area (Å²) in [7, 11) is 0. The van der Waals surface area contributed by atoms with Gasteiger partial charge in [0.15, 0.2) is 0 Å². The Kier molecular flexibility index (Phi) is 38.7. The van der Waals surface area contributed by atoms with Gasteiger partial charge in [-0.1, -0.05) is 48.0 Å². The first kappa shape index (κ1) is 83.3. The zero-order valence-corrected chi connectivity index (χ0v) is 55.2. The van der Waals surface area contributed by atoms with E-state index in [-0.39, 0.29) is 76.3 Å². The smallest absolute Gasteiger partial charge is 0.326 e. The number of likely N-dealkylation sites (tertiary alicyclic amines) is 1. The summed E-state index contributed by atoms with van der Waals surface area (Å²) in [6, 6.07) is -17.3. The Balaban J connectivity index is 3.47. The van der Waals surface area contributed by atoms with Crippen molar-refractivity contribution in [3.63, 3.8) is 0 Å². The van der Waals surface area contributed by atoms with Gasteiger partial charge in [0.1, 0.15) is 66.5 Å². The Labute approximate surface area is 546 Å². The van der Waals surface area contributed by atoms with Gasteiger partial charge in [-0.05, 0) is 115 Å². The molecule has 1 heterocycles. The summed E-state index contributed by atoms with van der Waals surface area (Å²) in [5.41, 5.74) is 28.2. The third-order valence-corrected chi connectivity index (χ3v) is 15.5.